The van der Waals surface area contributed by atoms with Crippen LogP contribution >= 0.6 is 0 Å². The van der Waals surface area contributed by atoms with Gasteiger partial charge in [-0.05, 0) is 49.2 Å². The fraction of sp³-hybridized carbons (Fsp3) is 0.267. The van der Waals surface area contributed by atoms with Crippen molar-refractivity contribution >= 4 is 0 Å². The molecule has 1 aromatic carbocycles. The fourth-order valence-corrected chi connectivity index (χ4v) is 1.92. The van der Waals surface area contributed by atoms with E-state index in [-0.39, 0.29) is 6.04 Å². The zero-order valence-electron chi connectivity index (χ0n) is 11.0. The molecule has 1 atom stereocenters. The van der Waals surface area contributed by atoms with Crippen molar-refractivity contribution < 1.29 is 8.78 Å². The van der Waals surface area contributed by atoms with Crippen molar-refractivity contribution in [3.63, 3.8) is 0 Å². The molecular formula is C15H16F2N2. The lowest BCUT2D eigenvalue weighted by Gasteiger charge is -2.16. The molecule has 1 heterocycles. The summed E-state index contributed by atoms with van der Waals surface area (Å²) in [5.41, 5.74) is 2.51. The Morgan fingerprint density at radius 1 is 1.26 bits per heavy atom. The van der Waals surface area contributed by atoms with Gasteiger partial charge >= 0.3 is 0 Å². The number of pyridine rings is 1. The normalized spacial score (nSPS) is 12.4. The Morgan fingerprint density at radius 3 is 2.79 bits per heavy atom. The van der Waals surface area contributed by atoms with Crippen molar-refractivity contribution in [1.82, 2.24) is 10.3 Å². The smallest absolute Gasteiger partial charge is 0.128 e. The largest absolute Gasteiger partial charge is 0.306 e. The fourth-order valence-electron chi connectivity index (χ4n) is 1.92. The van der Waals surface area contributed by atoms with Crippen LogP contribution < -0.4 is 5.32 Å². The number of halogens is 2. The van der Waals surface area contributed by atoms with Crippen molar-refractivity contribution in [2.24, 2.45) is 0 Å². The number of aryl methyl sites for hydroxylation is 1. The van der Waals surface area contributed by atoms with Gasteiger partial charge in [0.15, 0.2) is 0 Å². The van der Waals surface area contributed by atoms with E-state index in [9.17, 15) is 8.78 Å². The van der Waals surface area contributed by atoms with Gasteiger partial charge in [-0.25, -0.2) is 8.78 Å². The highest BCUT2D eigenvalue weighted by molar-refractivity contribution is 5.24. The van der Waals surface area contributed by atoms with Crippen molar-refractivity contribution in [3.05, 3.63) is 65.0 Å². The average molecular weight is 262 g/mol. The number of hydrogen-bond acceptors (Lipinski definition) is 2. The highest BCUT2D eigenvalue weighted by Gasteiger charge is 2.11. The van der Waals surface area contributed by atoms with Gasteiger partial charge in [0.05, 0.1) is 0 Å². The van der Waals surface area contributed by atoms with Crippen molar-refractivity contribution in [2.75, 3.05) is 0 Å². The maximum absolute atomic E-state index is 13.6. The van der Waals surface area contributed by atoms with Gasteiger partial charge in [-0.15, -0.1) is 0 Å². The Bertz CT molecular complexity index is 570. The topological polar surface area (TPSA) is 24.9 Å². The molecule has 19 heavy (non-hydrogen) atoms. The Kier molecular flexibility index (Phi) is 4.22. The first-order valence-electron chi connectivity index (χ1n) is 6.15. The van der Waals surface area contributed by atoms with Crippen LogP contribution in [0.1, 0.15) is 29.7 Å². The average Bonchev–Trinajstić information content (AvgIpc) is 2.40. The third-order valence-electron chi connectivity index (χ3n) is 3.16. The molecule has 1 aromatic heterocycles. The molecule has 2 aromatic rings. The summed E-state index contributed by atoms with van der Waals surface area (Å²) in [5, 5.41) is 3.19. The van der Waals surface area contributed by atoms with Crippen molar-refractivity contribution in [1.29, 1.82) is 0 Å². The van der Waals surface area contributed by atoms with E-state index >= 15 is 0 Å². The highest BCUT2D eigenvalue weighted by Crippen LogP contribution is 2.18. The maximum Gasteiger partial charge on any atom is 0.128 e. The van der Waals surface area contributed by atoms with Gasteiger partial charge in [-0.3, -0.25) is 4.98 Å². The molecule has 2 nitrogen and oxygen atoms in total. The van der Waals surface area contributed by atoms with Crippen LogP contribution in [0.2, 0.25) is 0 Å². The molecule has 100 valence electrons. The maximum atomic E-state index is 13.6. The third-order valence-corrected chi connectivity index (χ3v) is 3.16. The van der Waals surface area contributed by atoms with E-state index in [0.717, 1.165) is 23.3 Å². The summed E-state index contributed by atoms with van der Waals surface area (Å²) in [7, 11) is 0. The molecule has 0 aliphatic carbocycles. The Hall–Kier alpha value is -1.81. The molecule has 0 saturated carbocycles. The number of aromatic nitrogens is 1. The first-order valence-corrected chi connectivity index (χ1v) is 6.15. The first kappa shape index (κ1) is 13.6. The summed E-state index contributed by atoms with van der Waals surface area (Å²) < 4.78 is 26.7. The van der Waals surface area contributed by atoms with Crippen LogP contribution in [0.4, 0.5) is 8.78 Å². The number of benzene rings is 1. The summed E-state index contributed by atoms with van der Waals surface area (Å²) in [5.74, 6) is -0.821. The minimum atomic E-state index is -0.426. The van der Waals surface area contributed by atoms with E-state index in [1.807, 2.05) is 19.9 Å². The van der Waals surface area contributed by atoms with Gasteiger partial charge in [0.1, 0.15) is 11.6 Å². The van der Waals surface area contributed by atoms with E-state index in [4.69, 9.17) is 0 Å². The van der Waals surface area contributed by atoms with E-state index < -0.39 is 11.6 Å². The SMILES string of the molecule is Cc1cnccc1CNC(C)c1cc(F)ccc1F. The quantitative estimate of drug-likeness (QED) is 0.912. The van der Waals surface area contributed by atoms with Crippen molar-refractivity contribution in [2.45, 2.75) is 26.4 Å². The molecule has 0 spiro atoms. The van der Waals surface area contributed by atoms with Crippen LogP contribution in [-0.2, 0) is 6.54 Å². The van der Waals surface area contributed by atoms with E-state index in [0.29, 0.717) is 12.1 Å². The first-order chi connectivity index (χ1) is 9.08. The predicted molar refractivity (Wildman–Crippen MR) is 70.6 cm³/mol. The monoisotopic (exact) mass is 262 g/mol. The van der Waals surface area contributed by atoms with Crippen LogP contribution in [0.5, 0.6) is 0 Å². The molecule has 1 N–H and O–H groups in total. The summed E-state index contributed by atoms with van der Waals surface area (Å²) >= 11 is 0. The van der Waals surface area contributed by atoms with Crippen LogP contribution in [0.25, 0.3) is 0 Å². The van der Waals surface area contributed by atoms with E-state index in [1.165, 1.54) is 6.07 Å². The molecule has 0 amide bonds. The molecule has 0 aliphatic rings. The Morgan fingerprint density at radius 2 is 2.05 bits per heavy atom. The van der Waals surface area contributed by atoms with Crippen LogP contribution in [0.3, 0.4) is 0 Å². The minimum Gasteiger partial charge on any atom is -0.306 e. The number of hydrogen-bond donors (Lipinski definition) is 1. The van der Waals surface area contributed by atoms with Gasteiger partial charge in [0.2, 0.25) is 0 Å². The molecule has 0 saturated heterocycles. The Balaban J connectivity index is 2.07. The molecule has 0 aliphatic heterocycles. The van der Waals surface area contributed by atoms with E-state index in [2.05, 4.69) is 10.3 Å². The molecule has 0 fully saturated rings. The van der Waals surface area contributed by atoms with Gasteiger partial charge in [-0.1, -0.05) is 0 Å². The molecule has 1 unspecified atom stereocenters. The van der Waals surface area contributed by atoms with Crippen molar-refractivity contribution in [3.8, 4) is 0 Å². The second-order valence-electron chi connectivity index (χ2n) is 4.57. The molecule has 0 bridgehead atoms. The van der Waals surface area contributed by atoms with E-state index in [1.54, 1.807) is 12.4 Å². The van der Waals surface area contributed by atoms with Gasteiger partial charge < -0.3 is 5.32 Å². The van der Waals surface area contributed by atoms with Gasteiger partial charge in [-0.2, -0.15) is 0 Å². The summed E-state index contributed by atoms with van der Waals surface area (Å²) in [4.78, 5) is 4.02. The molecule has 4 heteroatoms. The lowest BCUT2D eigenvalue weighted by Crippen LogP contribution is -2.19. The number of nitrogens with one attached hydrogen (secondary N) is 1. The molecular weight excluding hydrogens is 246 g/mol. The zero-order valence-corrected chi connectivity index (χ0v) is 11.0. The zero-order chi connectivity index (χ0) is 13.8. The highest BCUT2D eigenvalue weighted by atomic mass is 19.1. The van der Waals surface area contributed by atoms with Gasteiger partial charge in [0.25, 0.3) is 0 Å². The Labute approximate surface area is 111 Å². The summed E-state index contributed by atoms with van der Waals surface area (Å²) in [6, 6.07) is 5.16. The standard InChI is InChI=1S/C15H16F2N2/c1-10-8-18-6-5-12(10)9-19-11(2)14-7-13(16)3-4-15(14)17/h3-8,11,19H,9H2,1-2H3. The molecule has 2 rings (SSSR count). The second kappa shape index (κ2) is 5.89. The summed E-state index contributed by atoms with van der Waals surface area (Å²) in [6.07, 6.45) is 3.50. The number of rotatable bonds is 4. The lowest BCUT2D eigenvalue weighted by atomic mass is 10.1. The molecule has 0 radical (unpaired) electrons. The number of nitrogens with zero attached hydrogens (tertiary/aromatic N) is 1. The second-order valence-corrected chi connectivity index (χ2v) is 4.57. The minimum absolute atomic E-state index is 0.261. The predicted octanol–water partition coefficient (Wildman–Crippen LogP) is 3.52. The van der Waals surface area contributed by atoms with Crippen LogP contribution in [-0.4, -0.2) is 4.98 Å². The third kappa shape index (κ3) is 3.35. The lowest BCUT2D eigenvalue weighted by molar-refractivity contribution is 0.518. The summed E-state index contributed by atoms with van der Waals surface area (Å²) in [6.45, 7) is 4.37. The van der Waals surface area contributed by atoms with Gasteiger partial charge in [0, 0.05) is 30.5 Å². The van der Waals surface area contributed by atoms with Crippen LogP contribution in [0.15, 0.2) is 36.7 Å². The van der Waals surface area contributed by atoms with Crippen LogP contribution in [0, 0.1) is 18.6 Å².